The predicted octanol–water partition coefficient (Wildman–Crippen LogP) is 11.9. The maximum atomic E-state index is 2.51. The molecule has 47 heavy (non-hydrogen) atoms. The summed E-state index contributed by atoms with van der Waals surface area (Å²) in [4.78, 5) is 0. The van der Waals surface area contributed by atoms with Gasteiger partial charge in [0.25, 0.3) is 0 Å². The summed E-state index contributed by atoms with van der Waals surface area (Å²) < 4.78 is 4.93. The van der Waals surface area contributed by atoms with Crippen LogP contribution in [0.5, 0.6) is 0 Å². The number of nitrogens with zero attached hydrogens (tertiary/aromatic N) is 2. The average molecular weight is 601 g/mol. The number of hydrogen-bond acceptors (Lipinski definition) is 0. The number of para-hydroxylation sites is 4. The maximum absolute atomic E-state index is 2.51. The van der Waals surface area contributed by atoms with Crippen molar-refractivity contribution in [3.05, 3.63) is 169 Å². The molecule has 1 aliphatic rings. The zero-order valence-corrected chi connectivity index (χ0v) is 26.4. The molecule has 1 aliphatic carbocycles. The smallest absolute Gasteiger partial charge is 0.0628 e. The van der Waals surface area contributed by atoms with Crippen LogP contribution in [-0.4, -0.2) is 9.13 Å². The molecule has 0 bridgehead atoms. The summed E-state index contributed by atoms with van der Waals surface area (Å²) in [6, 6.07) is 58.0. The van der Waals surface area contributed by atoms with Gasteiger partial charge in [0.05, 0.1) is 22.1 Å². The highest BCUT2D eigenvalue weighted by Gasteiger charge is 2.38. The number of rotatable bonds is 3. The molecular formula is C45H32N2. The lowest BCUT2D eigenvalue weighted by atomic mass is 9.81. The number of benzene rings is 7. The highest BCUT2D eigenvalue weighted by Crippen LogP contribution is 2.55. The minimum Gasteiger partial charge on any atom is -0.309 e. The van der Waals surface area contributed by atoms with Crippen LogP contribution in [0.4, 0.5) is 0 Å². The first-order valence-electron chi connectivity index (χ1n) is 16.5. The van der Waals surface area contributed by atoms with Crippen LogP contribution in [0.25, 0.3) is 77.2 Å². The van der Waals surface area contributed by atoms with Crippen LogP contribution in [0, 0.1) is 0 Å². The van der Waals surface area contributed by atoms with Crippen LogP contribution in [0.2, 0.25) is 0 Å². The van der Waals surface area contributed by atoms with Crippen LogP contribution in [0.1, 0.15) is 25.0 Å². The molecule has 7 aromatic carbocycles. The van der Waals surface area contributed by atoms with Crippen molar-refractivity contribution in [2.24, 2.45) is 0 Å². The SMILES string of the molecule is CC1(C)c2ccccc2-c2c1cc(-c1ccc3c4ccccc4n(-c4ccccc4)c3c1)c1c3ccccc3n(-c3ccccc3)c21. The molecule has 2 aromatic heterocycles. The summed E-state index contributed by atoms with van der Waals surface area (Å²) in [7, 11) is 0. The minimum atomic E-state index is -0.143. The van der Waals surface area contributed by atoms with E-state index in [1.807, 2.05) is 0 Å². The zero-order chi connectivity index (χ0) is 31.3. The minimum absolute atomic E-state index is 0.143. The number of hydrogen-bond donors (Lipinski definition) is 0. The van der Waals surface area contributed by atoms with E-state index in [2.05, 4.69) is 181 Å². The molecule has 0 saturated carbocycles. The molecule has 2 nitrogen and oxygen atoms in total. The van der Waals surface area contributed by atoms with Gasteiger partial charge in [0.1, 0.15) is 0 Å². The summed E-state index contributed by atoms with van der Waals surface area (Å²) in [5, 5.41) is 5.12. The molecule has 222 valence electrons. The molecule has 0 unspecified atom stereocenters. The molecule has 9 aromatic rings. The van der Waals surface area contributed by atoms with E-state index in [1.54, 1.807) is 0 Å². The maximum Gasteiger partial charge on any atom is 0.0628 e. The Morgan fingerprint density at radius 2 is 1.00 bits per heavy atom. The van der Waals surface area contributed by atoms with Crippen molar-refractivity contribution in [3.63, 3.8) is 0 Å². The van der Waals surface area contributed by atoms with Crippen molar-refractivity contribution in [3.8, 4) is 33.6 Å². The Hall–Kier alpha value is -5.86. The Labute approximate surface area is 273 Å². The molecule has 0 atom stereocenters. The Morgan fingerprint density at radius 3 is 1.74 bits per heavy atom. The number of aromatic nitrogens is 2. The summed E-state index contributed by atoms with van der Waals surface area (Å²) in [5.41, 5.74) is 15.1. The largest absolute Gasteiger partial charge is 0.309 e. The Bertz CT molecular complexity index is 2690. The fraction of sp³-hybridized carbons (Fsp3) is 0.0667. The van der Waals surface area contributed by atoms with Crippen LogP contribution in [-0.2, 0) is 5.41 Å². The Balaban J connectivity index is 1.39. The summed E-state index contributed by atoms with van der Waals surface area (Å²) in [5.74, 6) is 0. The van der Waals surface area contributed by atoms with E-state index in [-0.39, 0.29) is 5.41 Å². The van der Waals surface area contributed by atoms with Gasteiger partial charge in [0.15, 0.2) is 0 Å². The molecule has 0 radical (unpaired) electrons. The fourth-order valence-electron chi connectivity index (χ4n) is 8.39. The van der Waals surface area contributed by atoms with Crippen LogP contribution >= 0.6 is 0 Å². The van der Waals surface area contributed by atoms with Gasteiger partial charge in [-0.2, -0.15) is 0 Å². The van der Waals surface area contributed by atoms with E-state index in [4.69, 9.17) is 0 Å². The van der Waals surface area contributed by atoms with Crippen molar-refractivity contribution in [1.29, 1.82) is 0 Å². The van der Waals surface area contributed by atoms with E-state index in [1.165, 1.54) is 88.4 Å². The third kappa shape index (κ3) is 3.56. The second kappa shape index (κ2) is 9.57. The second-order valence-corrected chi connectivity index (χ2v) is 13.3. The third-order valence-electron chi connectivity index (χ3n) is 10.5. The lowest BCUT2D eigenvalue weighted by Crippen LogP contribution is -2.15. The summed E-state index contributed by atoms with van der Waals surface area (Å²) >= 11 is 0. The number of fused-ring (bicyclic) bond motifs is 10. The molecule has 0 fully saturated rings. The zero-order valence-electron chi connectivity index (χ0n) is 26.4. The second-order valence-electron chi connectivity index (χ2n) is 13.3. The van der Waals surface area contributed by atoms with Crippen molar-refractivity contribution < 1.29 is 0 Å². The van der Waals surface area contributed by atoms with Crippen LogP contribution in [0.3, 0.4) is 0 Å². The quantitative estimate of drug-likeness (QED) is 0.191. The molecule has 0 saturated heterocycles. The van der Waals surface area contributed by atoms with Gasteiger partial charge in [0.2, 0.25) is 0 Å². The van der Waals surface area contributed by atoms with Gasteiger partial charge in [-0.1, -0.05) is 123 Å². The first kappa shape index (κ1) is 26.4. The van der Waals surface area contributed by atoms with E-state index in [0.29, 0.717) is 0 Å². The Kier molecular flexibility index (Phi) is 5.37. The van der Waals surface area contributed by atoms with Gasteiger partial charge >= 0.3 is 0 Å². The molecule has 2 heterocycles. The third-order valence-corrected chi connectivity index (χ3v) is 10.5. The van der Waals surface area contributed by atoms with E-state index in [9.17, 15) is 0 Å². The molecule has 0 aliphatic heterocycles. The standard InChI is InChI=1S/C45H32N2/c1-45(2)37-22-12-9-20-34(37)43-38(45)28-36(42-35-21-11-14-24-40(35)47(44(42)43)31-17-7-4-8-18-31)29-25-26-33-32-19-10-13-23-39(32)46(41(33)27-29)30-15-5-3-6-16-30/h3-28H,1-2H3. The van der Waals surface area contributed by atoms with Crippen molar-refractivity contribution in [2.75, 3.05) is 0 Å². The van der Waals surface area contributed by atoms with Crippen LogP contribution < -0.4 is 0 Å². The van der Waals surface area contributed by atoms with Gasteiger partial charge in [0, 0.05) is 43.9 Å². The lowest BCUT2D eigenvalue weighted by molar-refractivity contribution is 0.661. The molecule has 0 spiro atoms. The van der Waals surface area contributed by atoms with Gasteiger partial charge in [-0.15, -0.1) is 0 Å². The monoisotopic (exact) mass is 600 g/mol. The first-order chi connectivity index (χ1) is 23.1. The molecular weight excluding hydrogens is 569 g/mol. The van der Waals surface area contributed by atoms with Gasteiger partial charge < -0.3 is 9.13 Å². The normalized spacial score (nSPS) is 13.5. The summed E-state index contributed by atoms with van der Waals surface area (Å²) in [6.07, 6.45) is 0. The van der Waals surface area contributed by atoms with E-state index < -0.39 is 0 Å². The average Bonchev–Trinajstić information content (AvgIpc) is 3.72. The summed E-state index contributed by atoms with van der Waals surface area (Å²) in [6.45, 7) is 4.78. The predicted molar refractivity (Wildman–Crippen MR) is 198 cm³/mol. The van der Waals surface area contributed by atoms with Crippen molar-refractivity contribution in [2.45, 2.75) is 19.3 Å². The molecule has 2 heteroatoms. The topological polar surface area (TPSA) is 9.86 Å². The molecule has 0 N–H and O–H groups in total. The van der Waals surface area contributed by atoms with Crippen molar-refractivity contribution >= 4 is 43.6 Å². The fourth-order valence-corrected chi connectivity index (χ4v) is 8.39. The van der Waals surface area contributed by atoms with E-state index >= 15 is 0 Å². The first-order valence-corrected chi connectivity index (χ1v) is 16.5. The van der Waals surface area contributed by atoms with Gasteiger partial charge in [-0.05, 0) is 76.3 Å². The lowest BCUT2D eigenvalue weighted by Gasteiger charge is -2.23. The van der Waals surface area contributed by atoms with Crippen LogP contribution in [0.15, 0.2) is 158 Å². The van der Waals surface area contributed by atoms with E-state index in [0.717, 1.165) is 0 Å². The highest BCUT2D eigenvalue weighted by molar-refractivity contribution is 6.22. The molecule has 0 amide bonds. The van der Waals surface area contributed by atoms with Crippen molar-refractivity contribution in [1.82, 2.24) is 9.13 Å². The van der Waals surface area contributed by atoms with Gasteiger partial charge in [-0.25, -0.2) is 0 Å². The molecule has 10 rings (SSSR count). The Morgan fingerprint density at radius 1 is 0.426 bits per heavy atom. The highest BCUT2D eigenvalue weighted by atomic mass is 15.0. The van der Waals surface area contributed by atoms with Gasteiger partial charge in [-0.3, -0.25) is 0 Å².